The van der Waals surface area contributed by atoms with Crippen LogP contribution >= 0.6 is 23.5 Å². The Morgan fingerprint density at radius 3 is 2.63 bits per heavy atom. The molecule has 1 aliphatic heterocycles. The van der Waals surface area contributed by atoms with Gasteiger partial charge >= 0.3 is 24.0 Å². The SMILES string of the molecule is N[P@@](=O)(NS(=O)(=O)O)N1CCC[C@H](NC(=O)OCc2ccc(Br)cc2)C1=O. The molecule has 1 saturated heterocycles. The molecule has 2 atom stereocenters. The molecule has 1 aromatic rings. The van der Waals surface area contributed by atoms with Crippen molar-refractivity contribution >= 4 is 45.8 Å². The van der Waals surface area contributed by atoms with Gasteiger partial charge in [-0.15, -0.1) is 4.49 Å². The monoisotopic (exact) mass is 484 g/mol. The van der Waals surface area contributed by atoms with Crippen LogP contribution in [0.2, 0.25) is 0 Å². The van der Waals surface area contributed by atoms with Gasteiger partial charge in [0.15, 0.2) is 0 Å². The maximum absolute atomic E-state index is 12.4. The molecule has 0 aromatic heterocycles. The summed E-state index contributed by atoms with van der Waals surface area (Å²) >= 11 is 3.28. The molecule has 1 aromatic carbocycles. The summed E-state index contributed by atoms with van der Waals surface area (Å²) in [7, 11) is -9.28. The fraction of sp³-hybridized carbons (Fsp3) is 0.385. The summed E-state index contributed by atoms with van der Waals surface area (Å²) < 4.78 is 50.6. The first-order chi connectivity index (χ1) is 12.5. The van der Waals surface area contributed by atoms with E-state index >= 15 is 0 Å². The van der Waals surface area contributed by atoms with Crippen molar-refractivity contribution in [2.75, 3.05) is 6.54 Å². The second kappa shape index (κ2) is 8.67. The van der Waals surface area contributed by atoms with E-state index in [0.29, 0.717) is 11.1 Å². The molecule has 14 heteroatoms. The average molecular weight is 485 g/mol. The Hall–Kier alpha value is -1.50. The molecule has 150 valence electrons. The predicted molar refractivity (Wildman–Crippen MR) is 98.7 cm³/mol. The van der Waals surface area contributed by atoms with Crippen LogP contribution in [-0.2, 0) is 31.0 Å². The quantitative estimate of drug-likeness (QED) is 0.344. The summed E-state index contributed by atoms with van der Waals surface area (Å²) in [5, 5.41) is 2.34. The van der Waals surface area contributed by atoms with Crippen LogP contribution in [0.1, 0.15) is 18.4 Å². The third-order valence-electron chi connectivity index (χ3n) is 3.60. The minimum Gasteiger partial charge on any atom is -0.445 e. The van der Waals surface area contributed by atoms with E-state index in [1.165, 1.54) is 4.49 Å². The Morgan fingerprint density at radius 2 is 2.04 bits per heavy atom. The number of benzene rings is 1. The Bertz CT molecular complexity index is 864. The maximum atomic E-state index is 12.4. The second-order valence-corrected chi connectivity index (χ2v) is 10.0. The summed E-state index contributed by atoms with van der Waals surface area (Å²) in [4.78, 5) is 24.3. The molecule has 27 heavy (non-hydrogen) atoms. The first-order valence-electron chi connectivity index (χ1n) is 7.62. The molecule has 0 aliphatic carbocycles. The first-order valence-corrected chi connectivity index (χ1v) is 11.6. The van der Waals surface area contributed by atoms with Gasteiger partial charge in [-0.1, -0.05) is 28.1 Å². The van der Waals surface area contributed by atoms with Gasteiger partial charge < -0.3 is 10.1 Å². The van der Waals surface area contributed by atoms with Crippen molar-refractivity contribution in [3.05, 3.63) is 34.3 Å². The molecule has 1 fully saturated rings. The molecular weight excluding hydrogens is 467 g/mol. The average Bonchev–Trinajstić information content (AvgIpc) is 2.54. The van der Waals surface area contributed by atoms with Crippen molar-refractivity contribution in [3.8, 4) is 0 Å². The number of ether oxygens (including phenoxy) is 1. The summed E-state index contributed by atoms with van der Waals surface area (Å²) in [6.45, 7) is -0.120. The molecule has 11 nitrogen and oxygen atoms in total. The number of nitrogens with zero attached hydrogens (tertiary/aromatic N) is 1. The normalized spacial score (nSPS) is 20.0. The molecule has 2 rings (SSSR count). The zero-order valence-electron chi connectivity index (χ0n) is 13.9. The Morgan fingerprint density at radius 1 is 1.41 bits per heavy atom. The lowest BCUT2D eigenvalue weighted by atomic mass is 10.1. The third kappa shape index (κ3) is 6.55. The van der Waals surface area contributed by atoms with E-state index in [-0.39, 0.29) is 19.6 Å². The lowest BCUT2D eigenvalue weighted by Crippen LogP contribution is -2.53. The number of hydrogen-bond acceptors (Lipinski definition) is 6. The fourth-order valence-corrected chi connectivity index (χ4v) is 5.27. The highest BCUT2D eigenvalue weighted by molar-refractivity contribution is 9.10. The number of piperidine rings is 1. The van der Waals surface area contributed by atoms with Gasteiger partial charge in [0.25, 0.3) is 5.91 Å². The summed E-state index contributed by atoms with van der Waals surface area (Å²) in [5.41, 5.74) is 6.10. The number of carbonyl (C=O) groups is 2. The van der Waals surface area contributed by atoms with Crippen molar-refractivity contribution < 1.29 is 31.9 Å². The highest BCUT2D eigenvalue weighted by Gasteiger charge is 2.40. The van der Waals surface area contributed by atoms with Crippen LogP contribution in [0.15, 0.2) is 28.7 Å². The van der Waals surface area contributed by atoms with Crippen molar-refractivity contribution in [2.24, 2.45) is 5.50 Å². The third-order valence-corrected chi connectivity index (χ3v) is 7.21. The van der Waals surface area contributed by atoms with E-state index < -0.39 is 35.9 Å². The van der Waals surface area contributed by atoms with Gasteiger partial charge in [-0.25, -0.2) is 4.79 Å². The lowest BCUT2D eigenvalue weighted by molar-refractivity contribution is -0.130. The highest BCUT2D eigenvalue weighted by Crippen LogP contribution is 2.40. The van der Waals surface area contributed by atoms with E-state index in [1.807, 2.05) is 0 Å². The number of nitrogens with two attached hydrogens (primary N) is 1. The second-order valence-electron chi connectivity index (χ2n) is 5.69. The standard InChI is InChI=1S/C13H18BrN4O7PS/c14-10-5-3-9(4-6-10)8-25-13(20)16-11-2-1-7-18(12(11)19)26(15,21)17-27(22,23)24/h3-6,11H,1-2,7-8H2,(H,16,20)(H3,15,17,21)(H,22,23,24)/t11-,26+/m0/s1. The predicted octanol–water partition coefficient (Wildman–Crippen LogP) is 1.13. The molecule has 0 radical (unpaired) electrons. The number of halogens is 1. The molecule has 2 amide bonds. The minimum atomic E-state index is -4.88. The van der Waals surface area contributed by atoms with Crippen LogP contribution < -0.4 is 15.3 Å². The van der Waals surface area contributed by atoms with E-state index in [0.717, 1.165) is 10.0 Å². The van der Waals surface area contributed by atoms with Gasteiger partial charge in [-0.2, -0.15) is 8.42 Å². The minimum absolute atomic E-state index is 0.0244. The molecule has 1 aliphatic rings. The van der Waals surface area contributed by atoms with E-state index in [9.17, 15) is 22.6 Å². The maximum Gasteiger partial charge on any atom is 0.408 e. The number of hydrogen-bond donors (Lipinski definition) is 4. The molecule has 0 unspecified atom stereocenters. The fourth-order valence-electron chi connectivity index (χ4n) is 2.42. The number of rotatable bonds is 6. The Balaban J connectivity index is 1.95. The lowest BCUT2D eigenvalue weighted by Gasteiger charge is -2.35. The van der Waals surface area contributed by atoms with Gasteiger partial charge in [0, 0.05) is 11.0 Å². The van der Waals surface area contributed by atoms with Crippen molar-refractivity contribution in [1.82, 2.24) is 14.5 Å². The number of nitrogens with one attached hydrogen (secondary N) is 2. The Kier molecular flexibility index (Phi) is 7.00. The van der Waals surface area contributed by atoms with Gasteiger partial charge in [-0.3, -0.25) is 24.1 Å². The number of carbonyl (C=O) groups excluding carboxylic acids is 2. The van der Waals surface area contributed by atoms with Crippen molar-refractivity contribution in [3.63, 3.8) is 0 Å². The molecule has 0 bridgehead atoms. The molecule has 0 spiro atoms. The van der Waals surface area contributed by atoms with Crippen LogP contribution in [0.25, 0.3) is 0 Å². The van der Waals surface area contributed by atoms with Crippen molar-refractivity contribution in [1.29, 1.82) is 0 Å². The topological polar surface area (TPSA) is 168 Å². The summed E-state index contributed by atoms with van der Waals surface area (Å²) in [5.74, 6) is -0.844. The van der Waals surface area contributed by atoms with Crippen LogP contribution in [-0.4, -0.2) is 42.2 Å². The number of alkyl carbamates (subject to hydrolysis) is 1. The van der Waals surface area contributed by atoms with Gasteiger partial charge in [-0.05, 0) is 30.5 Å². The summed E-state index contributed by atoms with van der Waals surface area (Å²) in [6.07, 6.45) is -0.334. The largest absolute Gasteiger partial charge is 0.445 e. The zero-order valence-corrected chi connectivity index (χ0v) is 17.2. The zero-order chi connectivity index (χ0) is 20.2. The number of amides is 2. The highest BCUT2D eigenvalue weighted by atomic mass is 79.9. The van der Waals surface area contributed by atoms with E-state index in [2.05, 4.69) is 21.2 Å². The van der Waals surface area contributed by atoms with Crippen LogP contribution in [0.3, 0.4) is 0 Å². The molecule has 5 N–H and O–H groups in total. The summed E-state index contributed by atoms with van der Waals surface area (Å²) in [6, 6.07) is 5.96. The first kappa shape index (κ1) is 21.8. The molecular formula is C13H18BrN4O7PS. The molecule has 1 heterocycles. The van der Waals surface area contributed by atoms with E-state index in [1.54, 1.807) is 24.3 Å². The molecule has 0 saturated carbocycles. The van der Waals surface area contributed by atoms with Gasteiger partial charge in [0.05, 0.1) is 0 Å². The van der Waals surface area contributed by atoms with Crippen LogP contribution in [0.5, 0.6) is 0 Å². The van der Waals surface area contributed by atoms with Crippen molar-refractivity contribution in [2.45, 2.75) is 25.5 Å². The smallest absolute Gasteiger partial charge is 0.408 e. The van der Waals surface area contributed by atoms with E-state index in [4.69, 9.17) is 14.8 Å². The van der Waals surface area contributed by atoms with Crippen LogP contribution in [0, 0.1) is 0 Å². The van der Waals surface area contributed by atoms with Gasteiger partial charge in [0.1, 0.15) is 12.6 Å². The van der Waals surface area contributed by atoms with Crippen LogP contribution in [0.4, 0.5) is 4.79 Å². The van der Waals surface area contributed by atoms with Gasteiger partial charge in [0.2, 0.25) is 0 Å². The Labute approximate surface area is 164 Å².